The molecule has 0 aromatic carbocycles. The molecule has 0 saturated heterocycles. The Hall–Kier alpha value is -2.63. The van der Waals surface area contributed by atoms with E-state index in [1.165, 1.54) is 6.33 Å². The van der Waals surface area contributed by atoms with E-state index in [0.29, 0.717) is 23.5 Å². The molecule has 0 radical (unpaired) electrons. The summed E-state index contributed by atoms with van der Waals surface area (Å²) < 4.78 is 5.36. The lowest BCUT2D eigenvalue weighted by molar-refractivity contribution is -0.136. The number of aryl methyl sites for hydroxylation is 1. The highest BCUT2D eigenvalue weighted by molar-refractivity contribution is 5.92. The normalized spacial score (nSPS) is 10.9. The summed E-state index contributed by atoms with van der Waals surface area (Å²) in [6.45, 7) is 0. The van der Waals surface area contributed by atoms with E-state index in [2.05, 4.69) is 15.0 Å². The molecule has 3 aromatic rings. The second kappa shape index (κ2) is 4.56. The van der Waals surface area contributed by atoms with E-state index in [1.807, 2.05) is 6.07 Å². The first-order chi connectivity index (χ1) is 9.25. The second-order valence-corrected chi connectivity index (χ2v) is 4.13. The Labute approximate surface area is 108 Å². The Balaban J connectivity index is 2.12. The molecule has 0 amide bonds. The average Bonchev–Trinajstić information content (AvgIpc) is 3.05. The third-order valence-corrected chi connectivity index (χ3v) is 2.91. The molecule has 0 bridgehead atoms. The van der Waals surface area contributed by atoms with Gasteiger partial charge >= 0.3 is 5.97 Å². The second-order valence-electron chi connectivity index (χ2n) is 4.13. The maximum absolute atomic E-state index is 10.7. The number of fused-ring (bicyclic) bond motifs is 1. The number of nitrogens with one attached hydrogen (secondary N) is 1. The molecular weight excluding hydrogens is 246 g/mol. The molecular formula is C13H11N3O3. The summed E-state index contributed by atoms with van der Waals surface area (Å²) >= 11 is 0. The Morgan fingerprint density at radius 1 is 1.42 bits per heavy atom. The maximum Gasteiger partial charge on any atom is 0.303 e. The van der Waals surface area contributed by atoms with Crippen molar-refractivity contribution in [3.05, 3.63) is 36.5 Å². The Morgan fingerprint density at radius 3 is 3.05 bits per heavy atom. The number of H-pyrrole nitrogens is 1. The minimum atomic E-state index is -0.828. The summed E-state index contributed by atoms with van der Waals surface area (Å²) in [5, 5.41) is 9.60. The lowest BCUT2D eigenvalue weighted by Crippen LogP contribution is -1.97. The van der Waals surface area contributed by atoms with Gasteiger partial charge in [-0.3, -0.25) is 4.79 Å². The maximum atomic E-state index is 10.7. The summed E-state index contributed by atoms with van der Waals surface area (Å²) in [7, 11) is 0. The molecule has 0 fully saturated rings. The molecule has 2 N–H and O–H groups in total. The largest absolute Gasteiger partial charge is 0.481 e. The van der Waals surface area contributed by atoms with Crippen LogP contribution in [0.4, 0.5) is 0 Å². The molecule has 0 unspecified atom stereocenters. The van der Waals surface area contributed by atoms with Gasteiger partial charge in [-0.2, -0.15) is 0 Å². The first kappa shape index (κ1) is 11.5. The molecule has 3 heterocycles. The zero-order valence-electron chi connectivity index (χ0n) is 9.96. The number of aromatic nitrogens is 3. The number of carboxylic acid groups (broad SMARTS) is 1. The van der Waals surface area contributed by atoms with E-state index in [9.17, 15) is 4.79 Å². The van der Waals surface area contributed by atoms with Crippen LogP contribution >= 0.6 is 0 Å². The van der Waals surface area contributed by atoms with Gasteiger partial charge < -0.3 is 14.5 Å². The molecule has 96 valence electrons. The minimum absolute atomic E-state index is 0.0689. The SMILES string of the molecule is O=C(O)CCc1c[nH]c2ncnc(-c3ccco3)c12. The van der Waals surface area contributed by atoms with Gasteiger partial charge in [0.05, 0.1) is 11.6 Å². The predicted molar refractivity (Wildman–Crippen MR) is 67.5 cm³/mol. The number of rotatable bonds is 4. The van der Waals surface area contributed by atoms with Crippen LogP contribution in [0.15, 0.2) is 35.3 Å². The molecule has 0 spiro atoms. The molecule has 0 atom stereocenters. The van der Waals surface area contributed by atoms with Gasteiger partial charge in [0.2, 0.25) is 0 Å². The van der Waals surface area contributed by atoms with Crippen molar-refractivity contribution in [3.8, 4) is 11.5 Å². The molecule has 0 aliphatic carbocycles. The molecule has 6 heteroatoms. The van der Waals surface area contributed by atoms with Crippen LogP contribution in [0.3, 0.4) is 0 Å². The van der Waals surface area contributed by atoms with E-state index in [-0.39, 0.29) is 6.42 Å². The highest BCUT2D eigenvalue weighted by atomic mass is 16.4. The predicted octanol–water partition coefficient (Wildman–Crippen LogP) is 2.24. The fourth-order valence-electron chi connectivity index (χ4n) is 2.07. The number of furan rings is 1. The van der Waals surface area contributed by atoms with Crippen molar-refractivity contribution >= 4 is 17.0 Å². The molecule has 3 rings (SSSR count). The van der Waals surface area contributed by atoms with Gasteiger partial charge in [0, 0.05) is 12.6 Å². The molecule has 0 aliphatic rings. The van der Waals surface area contributed by atoms with E-state index in [1.54, 1.807) is 18.5 Å². The number of aliphatic carboxylic acids is 1. The summed E-state index contributed by atoms with van der Waals surface area (Å²) in [6.07, 6.45) is 5.30. The highest BCUT2D eigenvalue weighted by Crippen LogP contribution is 2.28. The topological polar surface area (TPSA) is 92.0 Å². The lowest BCUT2D eigenvalue weighted by Gasteiger charge is -2.01. The molecule has 6 nitrogen and oxygen atoms in total. The van der Waals surface area contributed by atoms with Crippen molar-refractivity contribution in [2.24, 2.45) is 0 Å². The van der Waals surface area contributed by atoms with Crippen molar-refractivity contribution < 1.29 is 14.3 Å². The Bertz CT molecular complexity index is 716. The van der Waals surface area contributed by atoms with Crippen LogP contribution in [-0.4, -0.2) is 26.0 Å². The Morgan fingerprint density at radius 2 is 2.32 bits per heavy atom. The van der Waals surface area contributed by atoms with E-state index in [0.717, 1.165) is 10.9 Å². The fourth-order valence-corrected chi connectivity index (χ4v) is 2.07. The number of aromatic amines is 1. The van der Waals surface area contributed by atoms with Gasteiger partial charge in [-0.15, -0.1) is 0 Å². The van der Waals surface area contributed by atoms with Crippen LogP contribution < -0.4 is 0 Å². The van der Waals surface area contributed by atoms with Crippen LogP contribution in [0.1, 0.15) is 12.0 Å². The van der Waals surface area contributed by atoms with Crippen molar-refractivity contribution in [3.63, 3.8) is 0 Å². The highest BCUT2D eigenvalue weighted by Gasteiger charge is 2.14. The van der Waals surface area contributed by atoms with Crippen LogP contribution in [0.2, 0.25) is 0 Å². The lowest BCUT2D eigenvalue weighted by atomic mass is 10.1. The number of nitrogens with zero attached hydrogens (tertiary/aromatic N) is 2. The number of hydrogen-bond acceptors (Lipinski definition) is 4. The minimum Gasteiger partial charge on any atom is -0.481 e. The average molecular weight is 257 g/mol. The standard InChI is InChI=1S/C13H11N3O3/c17-10(18)4-3-8-6-14-13-11(8)12(15-7-16-13)9-2-1-5-19-9/h1-2,5-7H,3-4H2,(H,17,18)(H,14,15,16). The third-order valence-electron chi connectivity index (χ3n) is 2.91. The number of carbonyl (C=O) groups is 1. The quantitative estimate of drug-likeness (QED) is 0.747. The van der Waals surface area contributed by atoms with Gasteiger partial charge in [0.1, 0.15) is 17.7 Å². The summed E-state index contributed by atoms with van der Waals surface area (Å²) in [5.41, 5.74) is 2.24. The molecule has 3 aromatic heterocycles. The van der Waals surface area contributed by atoms with Crippen molar-refractivity contribution in [1.82, 2.24) is 15.0 Å². The molecule has 0 aliphatic heterocycles. The van der Waals surface area contributed by atoms with E-state index < -0.39 is 5.97 Å². The molecule has 19 heavy (non-hydrogen) atoms. The Kier molecular flexibility index (Phi) is 2.75. The van der Waals surface area contributed by atoms with Crippen LogP contribution in [-0.2, 0) is 11.2 Å². The van der Waals surface area contributed by atoms with E-state index in [4.69, 9.17) is 9.52 Å². The number of hydrogen-bond donors (Lipinski definition) is 2. The third kappa shape index (κ3) is 2.08. The zero-order valence-corrected chi connectivity index (χ0v) is 9.96. The van der Waals surface area contributed by atoms with Gasteiger partial charge in [0.15, 0.2) is 5.76 Å². The van der Waals surface area contributed by atoms with Crippen LogP contribution in [0.5, 0.6) is 0 Å². The fraction of sp³-hybridized carbons (Fsp3) is 0.154. The van der Waals surface area contributed by atoms with Gasteiger partial charge in [0.25, 0.3) is 0 Å². The summed E-state index contributed by atoms with van der Waals surface area (Å²) in [4.78, 5) is 22.1. The first-order valence-corrected chi connectivity index (χ1v) is 5.82. The van der Waals surface area contributed by atoms with Crippen molar-refractivity contribution in [1.29, 1.82) is 0 Å². The number of carboxylic acids is 1. The zero-order chi connectivity index (χ0) is 13.2. The molecule has 0 saturated carbocycles. The first-order valence-electron chi connectivity index (χ1n) is 5.82. The van der Waals surface area contributed by atoms with Gasteiger partial charge in [-0.1, -0.05) is 0 Å². The van der Waals surface area contributed by atoms with Gasteiger partial charge in [-0.05, 0) is 24.1 Å². The van der Waals surface area contributed by atoms with Crippen molar-refractivity contribution in [2.75, 3.05) is 0 Å². The van der Waals surface area contributed by atoms with Gasteiger partial charge in [-0.25, -0.2) is 9.97 Å². The monoisotopic (exact) mass is 257 g/mol. The van der Waals surface area contributed by atoms with Crippen LogP contribution in [0.25, 0.3) is 22.5 Å². The van der Waals surface area contributed by atoms with E-state index >= 15 is 0 Å². The van der Waals surface area contributed by atoms with Crippen LogP contribution in [0, 0.1) is 0 Å². The smallest absolute Gasteiger partial charge is 0.303 e. The summed E-state index contributed by atoms with van der Waals surface area (Å²) in [5.74, 6) is -0.186. The van der Waals surface area contributed by atoms with Crippen molar-refractivity contribution in [2.45, 2.75) is 12.8 Å². The summed E-state index contributed by atoms with van der Waals surface area (Å²) in [6, 6.07) is 3.60.